The molecule has 6 heteroatoms. The van der Waals surface area contributed by atoms with E-state index in [2.05, 4.69) is 10.6 Å². The van der Waals surface area contributed by atoms with Gasteiger partial charge >= 0.3 is 0 Å². The van der Waals surface area contributed by atoms with Gasteiger partial charge in [-0.1, -0.05) is 17.7 Å². The van der Waals surface area contributed by atoms with Crippen molar-refractivity contribution in [1.29, 1.82) is 0 Å². The molecule has 0 atom stereocenters. The third-order valence-electron chi connectivity index (χ3n) is 2.62. The van der Waals surface area contributed by atoms with E-state index in [4.69, 9.17) is 23.8 Å². The first kappa shape index (κ1) is 14.7. The molecule has 0 aliphatic heterocycles. The van der Waals surface area contributed by atoms with E-state index in [1.807, 2.05) is 6.92 Å². The highest BCUT2D eigenvalue weighted by molar-refractivity contribution is 7.80. The van der Waals surface area contributed by atoms with Crippen LogP contribution < -0.4 is 10.6 Å². The molecule has 104 valence electrons. The summed E-state index contributed by atoms with van der Waals surface area (Å²) >= 11 is 11.0. The van der Waals surface area contributed by atoms with Crippen LogP contribution in [0.4, 0.5) is 20.2 Å². The number of nitrogens with one attached hydrogen (secondary N) is 2. The Balaban J connectivity index is 2.13. The normalized spacial score (nSPS) is 10.2. The van der Waals surface area contributed by atoms with Gasteiger partial charge in [-0.15, -0.1) is 0 Å². The van der Waals surface area contributed by atoms with Crippen LogP contribution in [0.1, 0.15) is 5.56 Å². The van der Waals surface area contributed by atoms with E-state index in [0.29, 0.717) is 16.4 Å². The molecule has 0 fully saturated rings. The molecular formula is C14H11ClF2N2S. The van der Waals surface area contributed by atoms with Crippen molar-refractivity contribution in [2.24, 2.45) is 0 Å². The van der Waals surface area contributed by atoms with Crippen molar-refractivity contribution in [3.05, 3.63) is 58.6 Å². The molecule has 0 aromatic heterocycles. The van der Waals surface area contributed by atoms with Crippen LogP contribution in [0.5, 0.6) is 0 Å². The van der Waals surface area contributed by atoms with E-state index in [0.717, 1.165) is 5.56 Å². The molecule has 2 N–H and O–H groups in total. The van der Waals surface area contributed by atoms with E-state index >= 15 is 0 Å². The average molecular weight is 313 g/mol. The molecule has 0 radical (unpaired) electrons. The highest BCUT2D eigenvalue weighted by Crippen LogP contribution is 2.23. The molecule has 0 heterocycles. The molecule has 2 rings (SSSR count). The summed E-state index contributed by atoms with van der Waals surface area (Å²) in [5.74, 6) is -0.800. The number of anilines is 2. The second kappa shape index (κ2) is 6.15. The van der Waals surface area contributed by atoms with Crippen LogP contribution >= 0.6 is 23.8 Å². The number of halogens is 3. The Hall–Kier alpha value is -1.72. The first-order valence-corrected chi connectivity index (χ1v) is 6.53. The van der Waals surface area contributed by atoms with Gasteiger partial charge in [0.05, 0.1) is 10.7 Å². The summed E-state index contributed by atoms with van der Waals surface area (Å²) in [6.07, 6.45) is 0. The molecule has 0 aliphatic rings. The summed E-state index contributed by atoms with van der Waals surface area (Å²) in [4.78, 5) is 0. The molecule has 0 spiro atoms. The summed E-state index contributed by atoms with van der Waals surface area (Å²) < 4.78 is 26.3. The van der Waals surface area contributed by atoms with E-state index in [1.54, 1.807) is 6.07 Å². The zero-order valence-electron chi connectivity index (χ0n) is 10.5. The third-order valence-corrected chi connectivity index (χ3v) is 3.16. The Kier molecular flexibility index (Phi) is 4.52. The van der Waals surface area contributed by atoms with Crippen molar-refractivity contribution < 1.29 is 8.78 Å². The van der Waals surface area contributed by atoms with E-state index < -0.39 is 5.82 Å². The van der Waals surface area contributed by atoms with Gasteiger partial charge in [0.15, 0.2) is 5.11 Å². The minimum absolute atomic E-state index is 0.200. The quantitative estimate of drug-likeness (QED) is 0.784. The van der Waals surface area contributed by atoms with Crippen molar-refractivity contribution in [2.45, 2.75) is 6.92 Å². The van der Waals surface area contributed by atoms with Crippen LogP contribution in [0.2, 0.25) is 5.02 Å². The van der Waals surface area contributed by atoms with Crippen molar-refractivity contribution in [1.82, 2.24) is 0 Å². The van der Waals surface area contributed by atoms with Crippen molar-refractivity contribution in [3.8, 4) is 0 Å². The van der Waals surface area contributed by atoms with Gasteiger partial charge in [0.1, 0.15) is 11.6 Å². The molecule has 0 saturated carbocycles. The maximum absolute atomic E-state index is 13.2. The average Bonchev–Trinajstić information content (AvgIpc) is 2.38. The van der Waals surface area contributed by atoms with Crippen molar-refractivity contribution in [3.63, 3.8) is 0 Å². The largest absolute Gasteiger partial charge is 0.332 e. The Morgan fingerprint density at radius 3 is 2.25 bits per heavy atom. The van der Waals surface area contributed by atoms with Gasteiger partial charge in [-0.05, 0) is 55.0 Å². The van der Waals surface area contributed by atoms with Crippen LogP contribution in [-0.2, 0) is 0 Å². The molecule has 20 heavy (non-hydrogen) atoms. The van der Waals surface area contributed by atoms with Crippen molar-refractivity contribution >= 4 is 40.3 Å². The van der Waals surface area contributed by atoms with Crippen LogP contribution in [0, 0.1) is 18.6 Å². The summed E-state index contributed by atoms with van der Waals surface area (Å²) in [7, 11) is 0. The zero-order valence-corrected chi connectivity index (χ0v) is 12.1. The predicted molar refractivity (Wildman–Crippen MR) is 82.4 cm³/mol. The highest BCUT2D eigenvalue weighted by Gasteiger charge is 2.06. The lowest BCUT2D eigenvalue weighted by Gasteiger charge is -2.13. The number of hydrogen-bond donors (Lipinski definition) is 2. The minimum Gasteiger partial charge on any atom is -0.332 e. The van der Waals surface area contributed by atoms with Gasteiger partial charge in [-0.3, -0.25) is 0 Å². The number of benzene rings is 2. The highest BCUT2D eigenvalue weighted by atomic mass is 35.5. The van der Waals surface area contributed by atoms with Gasteiger partial charge in [0.2, 0.25) is 0 Å². The SMILES string of the molecule is Cc1ccc(F)cc1NC(=S)Nc1cc(F)ccc1Cl. The summed E-state index contributed by atoms with van der Waals surface area (Å²) in [6.45, 7) is 1.82. The van der Waals surface area contributed by atoms with Crippen LogP contribution in [0.15, 0.2) is 36.4 Å². The maximum Gasteiger partial charge on any atom is 0.175 e. The number of rotatable bonds is 2. The molecule has 0 amide bonds. The van der Waals surface area contributed by atoms with Crippen LogP contribution in [-0.4, -0.2) is 5.11 Å². The maximum atomic E-state index is 13.2. The lowest BCUT2D eigenvalue weighted by Crippen LogP contribution is -2.20. The molecule has 2 aromatic carbocycles. The second-order valence-electron chi connectivity index (χ2n) is 4.16. The lowest BCUT2D eigenvalue weighted by atomic mass is 10.2. The molecule has 0 bridgehead atoms. The Labute approximate surface area is 125 Å². The first-order chi connectivity index (χ1) is 9.45. The topological polar surface area (TPSA) is 24.1 Å². The third kappa shape index (κ3) is 3.65. The second-order valence-corrected chi connectivity index (χ2v) is 4.98. The van der Waals surface area contributed by atoms with Gasteiger partial charge in [0.25, 0.3) is 0 Å². The van der Waals surface area contributed by atoms with Gasteiger partial charge < -0.3 is 10.6 Å². The molecule has 0 saturated heterocycles. The fourth-order valence-corrected chi connectivity index (χ4v) is 1.98. The van der Waals surface area contributed by atoms with Crippen LogP contribution in [0.25, 0.3) is 0 Å². The van der Waals surface area contributed by atoms with Gasteiger partial charge in [0, 0.05) is 5.69 Å². The van der Waals surface area contributed by atoms with Gasteiger partial charge in [-0.2, -0.15) is 0 Å². The minimum atomic E-state index is -0.429. The number of hydrogen-bond acceptors (Lipinski definition) is 1. The van der Waals surface area contributed by atoms with E-state index in [1.165, 1.54) is 30.3 Å². The zero-order chi connectivity index (χ0) is 14.7. The molecule has 2 nitrogen and oxygen atoms in total. The Morgan fingerprint density at radius 1 is 1.00 bits per heavy atom. The smallest absolute Gasteiger partial charge is 0.175 e. The summed E-state index contributed by atoms with van der Waals surface area (Å²) in [5.41, 5.74) is 1.72. The standard InChI is InChI=1S/C14H11ClF2N2S/c1-8-2-3-9(16)6-12(8)18-14(20)19-13-7-10(17)4-5-11(13)15/h2-7H,1H3,(H2,18,19,20). The summed E-state index contributed by atoms with van der Waals surface area (Å²) in [5, 5.41) is 6.16. The fourth-order valence-electron chi connectivity index (χ4n) is 1.60. The van der Waals surface area contributed by atoms with Crippen molar-refractivity contribution in [2.75, 3.05) is 10.6 Å². The summed E-state index contributed by atoms with van der Waals surface area (Å²) in [6, 6.07) is 8.23. The first-order valence-electron chi connectivity index (χ1n) is 5.75. The number of aryl methyl sites for hydroxylation is 1. The van der Waals surface area contributed by atoms with Gasteiger partial charge in [-0.25, -0.2) is 8.78 Å². The Bertz CT molecular complexity index is 606. The van der Waals surface area contributed by atoms with Crippen LogP contribution in [0.3, 0.4) is 0 Å². The monoisotopic (exact) mass is 312 g/mol. The number of thiocarbonyl (C=S) groups is 1. The Morgan fingerprint density at radius 2 is 1.55 bits per heavy atom. The van der Waals surface area contributed by atoms with E-state index in [9.17, 15) is 8.78 Å². The molecule has 0 aliphatic carbocycles. The fraction of sp³-hybridized carbons (Fsp3) is 0.0714. The molecule has 2 aromatic rings. The molecule has 0 unspecified atom stereocenters. The van der Waals surface area contributed by atoms with E-state index in [-0.39, 0.29) is 10.9 Å². The lowest BCUT2D eigenvalue weighted by molar-refractivity contribution is 0.628. The predicted octanol–water partition coefficient (Wildman–Crippen LogP) is 4.74. The molecular weight excluding hydrogens is 302 g/mol.